The minimum absolute atomic E-state index is 0.139. The Kier molecular flexibility index (Phi) is 5.90. The minimum Gasteiger partial charge on any atom is -0.352 e. The molecule has 5 rings (SSSR count). The highest BCUT2D eigenvalue weighted by Gasteiger charge is 2.23. The fraction of sp³-hybridized carbons (Fsp3) is 0.444. The van der Waals surface area contributed by atoms with E-state index in [9.17, 15) is 0 Å². The van der Waals surface area contributed by atoms with Crippen LogP contribution in [-0.4, -0.2) is 56.0 Å². The van der Waals surface area contributed by atoms with Crippen LogP contribution in [-0.2, 0) is 18.4 Å². The van der Waals surface area contributed by atoms with Crippen molar-refractivity contribution in [3.8, 4) is 11.4 Å². The molecule has 0 saturated carbocycles. The number of fused-ring (bicyclic) bond motifs is 1. The highest BCUT2D eigenvalue weighted by molar-refractivity contribution is 5.88. The maximum absolute atomic E-state index is 4.97. The van der Waals surface area contributed by atoms with Gasteiger partial charge in [0, 0.05) is 56.6 Å². The normalized spacial score (nSPS) is 15.4. The van der Waals surface area contributed by atoms with E-state index in [4.69, 9.17) is 15.0 Å². The lowest BCUT2D eigenvalue weighted by molar-refractivity contribution is 0.246. The van der Waals surface area contributed by atoms with Crippen LogP contribution in [0.2, 0.25) is 0 Å². The summed E-state index contributed by atoms with van der Waals surface area (Å²) in [6.45, 7) is 15.7. The number of piperazine rings is 1. The molecule has 1 saturated heterocycles. The highest BCUT2D eigenvalue weighted by atomic mass is 15.3. The van der Waals surface area contributed by atoms with Crippen molar-refractivity contribution in [2.45, 2.75) is 53.0 Å². The van der Waals surface area contributed by atoms with E-state index in [1.807, 2.05) is 12.3 Å². The van der Waals surface area contributed by atoms with Gasteiger partial charge in [0.05, 0.1) is 11.2 Å². The van der Waals surface area contributed by atoms with E-state index in [0.29, 0.717) is 0 Å². The number of rotatable bonds is 5. The molecule has 1 fully saturated rings. The third kappa shape index (κ3) is 4.44. The van der Waals surface area contributed by atoms with Crippen LogP contribution in [0.4, 0.5) is 5.82 Å². The van der Waals surface area contributed by atoms with Crippen molar-refractivity contribution < 1.29 is 0 Å². The lowest BCUT2D eigenvalue weighted by atomic mass is 9.87. The van der Waals surface area contributed by atoms with E-state index < -0.39 is 0 Å². The number of hydrogen-bond donors (Lipinski definition) is 2. The summed E-state index contributed by atoms with van der Waals surface area (Å²) in [5.74, 6) is 2.93. The first-order valence-electron chi connectivity index (χ1n) is 12.3. The summed E-state index contributed by atoms with van der Waals surface area (Å²) in [6.07, 6.45) is 2.82. The molecule has 34 heavy (non-hydrogen) atoms. The Hall–Kier alpha value is -3.19. The Morgan fingerprint density at radius 3 is 2.32 bits per heavy atom. The topological polar surface area (TPSA) is 76.7 Å². The van der Waals surface area contributed by atoms with Crippen molar-refractivity contribution in [3.05, 3.63) is 59.3 Å². The molecule has 0 spiro atoms. The van der Waals surface area contributed by atoms with E-state index in [-0.39, 0.29) is 5.41 Å². The summed E-state index contributed by atoms with van der Waals surface area (Å²) in [4.78, 5) is 26.2. The van der Waals surface area contributed by atoms with Crippen molar-refractivity contribution in [2.24, 2.45) is 0 Å². The standard InChI is InChI=1S/C27H35N7/c1-6-23-29-18(2)22(30-23)17-33-13-15-34(16-14-33)26-24-21(11-12-28-26)31-25(32-24)19-7-9-20(10-8-19)27(3,4)5/h7-12H,6,13-17H2,1-5H3,(H,29,30)(H,31,32). The van der Waals surface area contributed by atoms with Gasteiger partial charge in [0.25, 0.3) is 0 Å². The van der Waals surface area contributed by atoms with Crippen LogP contribution >= 0.6 is 0 Å². The maximum Gasteiger partial charge on any atom is 0.156 e. The van der Waals surface area contributed by atoms with Gasteiger partial charge >= 0.3 is 0 Å². The molecule has 0 radical (unpaired) electrons. The van der Waals surface area contributed by atoms with E-state index in [1.165, 1.54) is 17.0 Å². The van der Waals surface area contributed by atoms with Gasteiger partial charge in [-0.2, -0.15) is 0 Å². The molecule has 0 bridgehead atoms. The van der Waals surface area contributed by atoms with Gasteiger partial charge in [0.15, 0.2) is 5.82 Å². The summed E-state index contributed by atoms with van der Waals surface area (Å²) in [7, 11) is 0. The third-order valence-electron chi connectivity index (χ3n) is 6.82. The number of anilines is 1. The zero-order valence-electron chi connectivity index (χ0n) is 20.9. The van der Waals surface area contributed by atoms with Crippen molar-refractivity contribution >= 4 is 16.9 Å². The quantitative estimate of drug-likeness (QED) is 0.449. The molecule has 4 aromatic rings. The number of benzene rings is 1. The minimum atomic E-state index is 0.139. The molecule has 0 aliphatic carbocycles. The van der Waals surface area contributed by atoms with E-state index in [0.717, 1.165) is 73.2 Å². The molecular weight excluding hydrogens is 422 g/mol. The van der Waals surface area contributed by atoms with E-state index >= 15 is 0 Å². The first-order chi connectivity index (χ1) is 16.3. The number of pyridine rings is 1. The molecule has 1 aliphatic heterocycles. The number of imidazole rings is 2. The van der Waals surface area contributed by atoms with Gasteiger partial charge in [-0.15, -0.1) is 0 Å². The summed E-state index contributed by atoms with van der Waals surface area (Å²) < 4.78 is 0. The molecule has 3 aromatic heterocycles. The van der Waals surface area contributed by atoms with Crippen LogP contribution in [0.5, 0.6) is 0 Å². The number of nitrogens with zero attached hydrogens (tertiary/aromatic N) is 5. The van der Waals surface area contributed by atoms with Gasteiger partial charge in [-0.3, -0.25) is 4.90 Å². The fourth-order valence-electron chi connectivity index (χ4n) is 4.63. The largest absolute Gasteiger partial charge is 0.352 e. The van der Waals surface area contributed by atoms with Crippen LogP contribution in [0, 0.1) is 6.92 Å². The number of H-pyrrole nitrogens is 2. The van der Waals surface area contributed by atoms with Crippen LogP contribution in [0.25, 0.3) is 22.4 Å². The van der Waals surface area contributed by atoms with Gasteiger partial charge in [0.1, 0.15) is 17.2 Å². The average molecular weight is 458 g/mol. The Morgan fingerprint density at radius 1 is 0.941 bits per heavy atom. The second-order valence-corrected chi connectivity index (χ2v) is 10.3. The third-order valence-corrected chi connectivity index (χ3v) is 6.82. The smallest absolute Gasteiger partial charge is 0.156 e. The molecule has 1 aliphatic rings. The van der Waals surface area contributed by atoms with Crippen LogP contribution in [0.3, 0.4) is 0 Å². The average Bonchev–Trinajstić information content (AvgIpc) is 3.42. The zero-order valence-corrected chi connectivity index (χ0v) is 20.9. The van der Waals surface area contributed by atoms with E-state index in [2.05, 4.69) is 78.7 Å². The van der Waals surface area contributed by atoms with Crippen molar-refractivity contribution in [2.75, 3.05) is 31.1 Å². The van der Waals surface area contributed by atoms with Gasteiger partial charge < -0.3 is 14.9 Å². The fourth-order valence-corrected chi connectivity index (χ4v) is 4.63. The second kappa shape index (κ2) is 8.87. The number of nitrogens with one attached hydrogen (secondary N) is 2. The zero-order chi connectivity index (χ0) is 23.9. The lowest BCUT2D eigenvalue weighted by Crippen LogP contribution is -2.46. The van der Waals surface area contributed by atoms with Crippen molar-refractivity contribution in [1.29, 1.82) is 0 Å². The van der Waals surface area contributed by atoms with Crippen molar-refractivity contribution in [1.82, 2.24) is 29.8 Å². The highest BCUT2D eigenvalue weighted by Crippen LogP contribution is 2.29. The monoisotopic (exact) mass is 457 g/mol. The Bertz CT molecular complexity index is 1270. The summed E-state index contributed by atoms with van der Waals surface area (Å²) in [5, 5.41) is 0. The molecule has 2 N–H and O–H groups in total. The summed E-state index contributed by atoms with van der Waals surface area (Å²) in [5.41, 5.74) is 6.89. The first kappa shape index (κ1) is 22.6. The number of aryl methyl sites for hydroxylation is 2. The molecule has 1 aromatic carbocycles. The molecule has 7 heteroatoms. The summed E-state index contributed by atoms with van der Waals surface area (Å²) in [6, 6.07) is 10.7. The Morgan fingerprint density at radius 2 is 1.68 bits per heavy atom. The van der Waals surface area contributed by atoms with Gasteiger partial charge in [0.2, 0.25) is 0 Å². The van der Waals surface area contributed by atoms with Crippen molar-refractivity contribution in [3.63, 3.8) is 0 Å². The molecule has 0 unspecified atom stereocenters. The SMILES string of the molecule is CCc1nc(CN2CCN(c3nccc4[nH]c(-c5ccc(C(C)(C)C)cc5)nc34)CC2)c(C)[nH]1. The first-order valence-corrected chi connectivity index (χ1v) is 12.3. The van der Waals surface area contributed by atoms with Crippen LogP contribution < -0.4 is 4.90 Å². The van der Waals surface area contributed by atoms with Crippen LogP contribution in [0.1, 0.15) is 50.5 Å². The van der Waals surface area contributed by atoms with Gasteiger partial charge in [-0.1, -0.05) is 52.0 Å². The molecule has 4 heterocycles. The molecule has 0 amide bonds. The Balaban J connectivity index is 1.32. The van der Waals surface area contributed by atoms with Gasteiger partial charge in [-0.05, 0) is 24.0 Å². The maximum atomic E-state index is 4.97. The predicted octanol–water partition coefficient (Wildman–Crippen LogP) is 4.84. The molecule has 178 valence electrons. The number of hydrogen-bond acceptors (Lipinski definition) is 5. The molecular formula is C27H35N7. The van der Waals surface area contributed by atoms with Crippen LogP contribution in [0.15, 0.2) is 36.5 Å². The predicted molar refractivity (Wildman–Crippen MR) is 138 cm³/mol. The summed E-state index contributed by atoms with van der Waals surface area (Å²) >= 11 is 0. The molecule has 7 nitrogen and oxygen atoms in total. The molecule has 0 atom stereocenters. The number of aromatic nitrogens is 5. The number of aromatic amines is 2. The van der Waals surface area contributed by atoms with E-state index in [1.54, 1.807) is 0 Å². The Labute approximate surface area is 201 Å². The second-order valence-electron chi connectivity index (χ2n) is 10.3. The lowest BCUT2D eigenvalue weighted by Gasteiger charge is -2.35. The van der Waals surface area contributed by atoms with Gasteiger partial charge in [-0.25, -0.2) is 15.0 Å².